The fourth-order valence-electron chi connectivity index (χ4n) is 4.42. The molecule has 4 aromatic carbocycles. The highest BCUT2D eigenvalue weighted by molar-refractivity contribution is 7.92. The van der Waals surface area contributed by atoms with Gasteiger partial charge in [-0.3, -0.25) is 4.72 Å². The second-order valence-electron chi connectivity index (χ2n) is 10.1. The number of phenolic OH excluding ortho intramolecular Hbond substituents is 1. The number of hydrogen-bond acceptors (Lipinski definition) is 7. The minimum atomic E-state index is -5.08. The van der Waals surface area contributed by atoms with Gasteiger partial charge in [0.15, 0.2) is 0 Å². The third kappa shape index (κ3) is 11.9. The van der Waals surface area contributed by atoms with E-state index in [4.69, 9.17) is 9.90 Å². The number of benzene rings is 4. The van der Waals surface area contributed by atoms with Gasteiger partial charge in [-0.1, -0.05) is 72.8 Å². The number of alkyl halides is 5. The van der Waals surface area contributed by atoms with Crippen molar-refractivity contribution in [2.75, 3.05) is 17.5 Å². The predicted molar refractivity (Wildman–Crippen MR) is 165 cm³/mol. The number of ether oxygens (including phenoxy) is 1. The maximum absolute atomic E-state index is 12.7. The first kappa shape index (κ1) is 36.7. The third-order valence-electron chi connectivity index (χ3n) is 6.53. The van der Waals surface area contributed by atoms with Crippen molar-refractivity contribution in [1.82, 2.24) is 5.32 Å². The molecule has 0 aliphatic rings. The SMILES string of the molecule is CS(=O)(=O)Nc1cc([C@@H](O)CNC(Cc2ccccc2-c2ccccc2)c2ccc(OC(F)F)cc2)ccc1O.O=C(O)C(F)(F)F. The molecule has 4 rings (SSSR count). The molecule has 0 aliphatic carbocycles. The van der Waals surface area contributed by atoms with Crippen molar-refractivity contribution in [1.29, 1.82) is 0 Å². The molecule has 0 amide bonds. The van der Waals surface area contributed by atoms with E-state index in [0.717, 1.165) is 28.5 Å². The standard InChI is InChI=1S/C30H30F2N2O5S.C2HF3O2/c1-40(37,38)34-27-18-23(13-16-28(27)35)29(36)19-33-26(21-11-14-24(15-12-21)39-30(31)32)17-22-9-5-6-10-25(22)20-7-3-2-4-8-20;3-2(4,5)1(6)7/h2-16,18,26,29-30,33-36H,17,19H2,1H3;(H,6,7)/t26?,29-;/m0./s1. The number of rotatable bonds is 12. The summed E-state index contributed by atoms with van der Waals surface area (Å²) in [4.78, 5) is 8.90. The first-order valence-electron chi connectivity index (χ1n) is 13.7. The van der Waals surface area contributed by atoms with E-state index in [-0.39, 0.29) is 29.8 Å². The van der Waals surface area contributed by atoms with Crippen LogP contribution in [0.25, 0.3) is 11.1 Å². The maximum atomic E-state index is 12.7. The largest absolute Gasteiger partial charge is 0.506 e. The lowest BCUT2D eigenvalue weighted by molar-refractivity contribution is -0.192. The number of carboxylic acid groups (broad SMARTS) is 1. The number of halogens is 5. The molecule has 15 heteroatoms. The van der Waals surface area contributed by atoms with Gasteiger partial charge in [-0.05, 0) is 58.5 Å². The highest BCUT2D eigenvalue weighted by atomic mass is 32.2. The Labute approximate surface area is 267 Å². The summed E-state index contributed by atoms with van der Waals surface area (Å²) in [6.07, 6.45) is -4.65. The van der Waals surface area contributed by atoms with Crippen molar-refractivity contribution < 1.29 is 55.2 Å². The van der Waals surface area contributed by atoms with Gasteiger partial charge in [0.25, 0.3) is 0 Å². The second kappa shape index (κ2) is 16.2. The summed E-state index contributed by atoms with van der Waals surface area (Å²) < 4.78 is 87.1. The van der Waals surface area contributed by atoms with E-state index < -0.39 is 34.9 Å². The number of carbonyl (C=O) groups is 1. The van der Waals surface area contributed by atoms with E-state index in [0.29, 0.717) is 12.0 Å². The van der Waals surface area contributed by atoms with Gasteiger partial charge in [0.1, 0.15) is 11.5 Å². The van der Waals surface area contributed by atoms with Crippen LogP contribution in [0.2, 0.25) is 0 Å². The Hall–Kier alpha value is -4.73. The zero-order valence-electron chi connectivity index (χ0n) is 24.7. The molecule has 4 aromatic rings. The number of anilines is 1. The molecule has 0 aromatic heterocycles. The normalized spacial score (nSPS) is 12.9. The molecule has 252 valence electrons. The maximum Gasteiger partial charge on any atom is 0.490 e. The summed E-state index contributed by atoms with van der Waals surface area (Å²) >= 11 is 0. The number of aliphatic hydroxyl groups is 1. The van der Waals surface area contributed by atoms with Crippen LogP contribution in [-0.2, 0) is 21.2 Å². The zero-order valence-corrected chi connectivity index (χ0v) is 25.5. The predicted octanol–water partition coefficient (Wildman–Crippen LogP) is 6.27. The van der Waals surface area contributed by atoms with Gasteiger partial charge < -0.3 is 25.4 Å². The minimum absolute atomic E-state index is 0.0391. The number of phenols is 1. The molecule has 0 fully saturated rings. The molecule has 2 atom stereocenters. The van der Waals surface area contributed by atoms with Crippen LogP contribution in [0.4, 0.5) is 27.6 Å². The van der Waals surface area contributed by atoms with Gasteiger partial charge >= 0.3 is 18.8 Å². The Morgan fingerprint density at radius 2 is 1.47 bits per heavy atom. The van der Waals surface area contributed by atoms with E-state index in [1.54, 1.807) is 12.1 Å². The molecular formula is C32H31F5N2O7S. The fraction of sp³-hybridized carbons (Fsp3) is 0.219. The van der Waals surface area contributed by atoms with Gasteiger partial charge in [-0.15, -0.1) is 0 Å². The van der Waals surface area contributed by atoms with E-state index >= 15 is 0 Å². The van der Waals surface area contributed by atoms with Crippen molar-refractivity contribution in [2.24, 2.45) is 0 Å². The average molecular weight is 683 g/mol. The Morgan fingerprint density at radius 1 is 0.894 bits per heavy atom. The highest BCUT2D eigenvalue weighted by Crippen LogP contribution is 2.31. The lowest BCUT2D eigenvalue weighted by atomic mass is 9.92. The molecule has 0 saturated heterocycles. The van der Waals surface area contributed by atoms with Crippen LogP contribution in [-0.4, -0.2) is 55.3 Å². The number of aliphatic hydroxyl groups excluding tert-OH is 1. The number of carboxylic acids is 1. The van der Waals surface area contributed by atoms with E-state index in [1.807, 2.05) is 54.6 Å². The number of nitrogens with one attached hydrogen (secondary N) is 2. The smallest absolute Gasteiger partial charge is 0.490 e. The molecular weight excluding hydrogens is 651 g/mol. The average Bonchev–Trinajstić information content (AvgIpc) is 3.00. The summed E-state index contributed by atoms with van der Waals surface area (Å²) in [5.41, 5.74) is 4.28. The Bertz CT molecular complexity index is 1720. The zero-order chi connectivity index (χ0) is 34.8. The van der Waals surface area contributed by atoms with Crippen molar-refractivity contribution in [3.63, 3.8) is 0 Å². The quantitative estimate of drug-likeness (QED) is 0.0869. The number of hydrogen-bond donors (Lipinski definition) is 5. The van der Waals surface area contributed by atoms with Crippen LogP contribution in [0.1, 0.15) is 28.8 Å². The van der Waals surface area contributed by atoms with Crippen LogP contribution in [0.15, 0.2) is 97.1 Å². The highest BCUT2D eigenvalue weighted by Gasteiger charge is 2.38. The number of aromatic hydroxyl groups is 1. The van der Waals surface area contributed by atoms with Gasteiger partial charge in [0, 0.05) is 12.6 Å². The first-order valence-corrected chi connectivity index (χ1v) is 15.6. The van der Waals surface area contributed by atoms with E-state index in [9.17, 15) is 40.6 Å². The van der Waals surface area contributed by atoms with Gasteiger partial charge in [0.2, 0.25) is 10.0 Å². The molecule has 0 radical (unpaired) electrons. The molecule has 0 aliphatic heterocycles. The lowest BCUT2D eigenvalue weighted by Crippen LogP contribution is -2.28. The van der Waals surface area contributed by atoms with Crippen molar-refractivity contribution in [3.05, 3.63) is 114 Å². The lowest BCUT2D eigenvalue weighted by Gasteiger charge is -2.23. The molecule has 47 heavy (non-hydrogen) atoms. The number of sulfonamides is 1. The van der Waals surface area contributed by atoms with Crippen molar-refractivity contribution in [2.45, 2.75) is 31.4 Å². The van der Waals surface area contributed by atoms with Crippen LogP contribution >= 0.6 is 0 Å². The van der Waals surface area contributed by atoms with Crippen LogP contribution < -0.4 is 14.8 Å². The molecule has 5 N–H and O–H groups in total. The van der Waals surface area contributed by atoms with Crippen LogP contribution in [0.3, 0.4) is 0 Å². The molecule has 1 unspecified atom stereocenters. The van der Waals surface area contributed by atoms with E-state index in [1.165, 1.54) is 30.3 Å². The molecule has 0 saturated carbocycles. The van der Waals surface area contributed by atoms with Gasteiger partial charge in [-0.25, -0.2) is 13.2 Å². The summed E-state index contributed by atoms with van der Waals surface area (Å²) in [5, 5.41) is 31.5. The monoisotopic (exact) mass is 682 g/mol. The molecule has 0 bridgehead atoms. The minimum Gasteiger partial charge on any atom is -0.506 e. The fourth-order valence-corrected chi connectivity index (χ4v) is 4.98. The first-order chi connectivity index (χ1) is 22.0. The van der Waals surface area contributed by atoms with Gasteiger partial charge in [0.05, 0.1) is 18.0 Å². The summed E-state index contributed by atoms with van der Waals surface area (Å²) in [7, 11) is -3.64. The molecule has 9 nitrogen and oxygen atoms in total. The Balaban J connectivity index is 0.000000771. The topological polar surface area (TPSA) is 145 Å². The second-order valence-corrected chi connectivity index (χ2v) is 11.9. The van der Waals surface area contributed by atoms with Crippen molar-refractivity contribution in [3.8, 4) is 22.6 Å². The van der Waals surface area contributed by atoms with E-state index in [2.05, 4.69) is 14.8 Å². The van der Waals surface area contributed by atoms with Crippen LogP contribution in [0.5, 0.6) is 11.5 Å². The number of aliphatic carboxylic acids is 1. The third-order valence-corrected chi connectivity index (χ3v) is 7.13. The Kier molecular flexibility index (Phi) is 12.7. The molecule has 0 spiro atoms. The Morgan fingerprint density at radius 3 is 2.04 bits per heavy atom. The summed E-state index contributed by atoms with van der Waals surface area (Å²) in [6.45, 7) is -2.85. The summed E-state index contributed by atoms with van der Waals surface area (Å²) in [5.74, 6) is -2.99. The van der Waals surface area contributed by atoms with Crippen molar-refractivity contribution >= 4 is 21.7 Å². The van der Waals surface area contributed by atoms with Crippen LogP contribution in [0, 0.1) is 0 Å². The van der Waals surface area contributed by atoms with Gasteiger partial charge in [-0.2, -0.15) is 22.0 Å². The molecule has 0 heterocycles. The summed E-state index contributed by atoms with van der Waals surface area (Å²) in [6, 6.07) is 28.1.